The fourth-order valence-corrected chi connectivity index (χ4v) is 3.68. The molecule has 0 aromatic heterocycles. The van der Waals surface area contributed by atoms with Gasteiger partial charge in [-0.15, -0.1) is 0 Å². The molecule has 0 aromatic carbocycles. The Labute approximate surface area is 136 Å². The predicted octanol–water partition coefficient (Wildman–Crippen LogP) is 6.13. The molecule has 0 aromatic rings. The highest BCUT2D eigenvalue weighted by Crippen LogP contribution is 2.38. The fraction of sp³-hybridized carbons (Fsp3) is 0.750. The van der Waals surface area contributed by atoms with E-state index in [0.29, 0.717) is 0 Å². The molecule has 2 nitrogen and oxygen atoms in total. The summed E-state index contributed by atoms with van der Waals surface area (Å²) in [5.41, 5.74) is 0. The Morgan fingerprint density at radius 3 is 2.41 bits per heavy atom. The number of allylic oxidation sites excluding steroid dienone is 3. The first-order valence-corrected chi connectivity index (χ1v) is 9.30. The number of hydrogen-bond donors (Lipinski definition) is 1. The lowest BCUT2D eigenvalue weighted by atomic mass is 9.87. The van der Waals surface area contributed by atoms with Crippen LogP contribution in [0.1, 0.15) is 84.0 Å². The van der Waals surface area contributed by atoms with Gasteiger partial charge in [-0.05, 0) is 24.7 Å². The van der Waals surface area contributed by atoms with Crippen LogP contribution >= 0.6 is 0 Å². The second-order valence-corrected chi connectivity index (χ2v) is 6.71. The number of carboxylic acids is 1. The summed E-state index contributed by atoms with van der Waals surface area (Å²) in [5.74, 6) is 0.984. The van der Waals surface area contributed by atoms with Crippen LogP contribution in [0.3, 0.4) is 0 Å². The molecule has 1 fully saturated rings. The van der Waals surface area contributed by atoms with Crippen LogP contribution in [0.4, 0.5) is 0 Å². The van der Waals surface area contributed by atoms with Gasteiger partial charge in [0.15, 0.2) is 0 Å². The zero-order chi connectivity index (χ0) is 16.0. The van der Waals surface area contributed by atoms with E-state index in [1.165, 1.54) is 76.7 Å². The number of hydrogen-bond acceptors (Lipinski definition) is 1. The molecule has 0 heterocycles. The van der Waals surface area contributed by atoms with E-state index >= 15 is 0 Å². The standard InChI is InChI=1S/C20H34O2/c1-2-3-4-5-6-9-13-18-15-12-16-19(18)14-10-7-8-11-17-20(21)22/h7-8,11,17-19H,2-6,9-10,12-16H2,1H3,(H,21,22)/b8-7-,17-11+/t18-,19-/m0/s1. The molecule has 0 amide bonds. The normalized spacial score (nSPS) is 22.0. The highest BCUT2D eigenvalue weighted by molar-refractivity contribution is 5.80. The molecule has 2 heteroatoms. The molecule has 0 aliphatic heterocycles. The Bertz CT molecular complexity index is 344. The van der Waals surface area contributed by atoms with Crippen molar-refractivity contribution in [2.45, 2.75) is 84.0 Å². The van der Waals surface area contributed by atoms with Crippen LogP contribution in [-0.2, 0) is 4.79 Å². The van der Waals surface area contributed by atoms with Crippen LogP contribution in [-0.4, -0.2) is 11.1 Å². The first kappa shape index (κ1) is 19.0. The van der Waals surface area contributed by atoms with Crippen LogP contribution < -0.4 is 0 Å². The summed E-state index contributed by atoms with van der Waals surface area (Å²) in [4.78, 5) is 10.3. The second-order valence-electron chi connectivity index (χ2n) is 6.71. The van der Waals surface area contributed by atoms with E-state index < -0.39 is 5.97 Å². The number of rotatable bonds is 12. The third kappa shape index (κ3) is 9.07. The average Bonchev–Trinajstić information content (AvgIpc) is 2.93. The minimum absolute atomic E-state index is 0.876. The summed E-state index contributed by atoms with van der Waals surface area (Å²) in [6.45, 7) is 2.27. The van der Waals surface area contributed by atoms with Gasteiger partial charge in [-0.2, -0.15) is 0 Å². The van der Waals surface area contributed by atoms with Gasteiger partial charge in [0.05, 0.1) is 0 Å². The SMILES string of the molecule is CCCCCCCC[C@H]1CCC[C@@H]1CC/C=C\C=C\C(=O)O. The Morgan fingerprint density at radius 2 is 1.68 bits per heavy atom. The predicted molar refractivity (Wildman–Crippen MR) is 94.0 cm³/mol. The van der Waals surface area contributed by atoms with Gasteiger partial charge in [0, 0.05) is 6.08 Å². The second kappa shape index (κ2) is 12.5. The molecule has 1 saturated carbocycles. The van der Waals surface area contributed by atoms with Crippen LogP contribution in [0, 0.1) is 11.8 Å². The zero-order valence-corrected chi connectivity index (χ0v) is 14.3. The molecule has 22 heavy (non-hydrogen) atoms. The maximum atomic E-state index is 10.3. The molecule has 1 aliphatic carbocycles. The van der Waals surface area contributed by atoms with Crippen molar-refractivity contribution in [1.29, 1.82) is 0 Å². The Morgan fingerprint density at radius 1 is 1.00 bits per heavy atom. The molecule has 126 valence electrons. The third-order valence-electron chi connectivity index (χ3n) is 4.94. The molecule has 2 atom stereocenters. The number of carbonyl (C=O) groups is 1. The average molecular weight is 306 g/mol. The molecule has 0 unspecified atom stereocenters. The first-order valence-electron chi connectivity index (χ1n) is 9.30. The van der Waals surface area contributed by atoms with Crippen LogP contribution in [0.15, 0.2) is 24.3 Å². The van der Waals surface area contributed by atoms with E-state index in [4.69, 9.17) is 5.11 Å². The smallest absolute Gasteiger partial charge is 0.328 e. The van der Waals surface area contributed by atoms with Crippen molar-refractivity contribution in [3.8, 4) is 0 Å². The highest BCUT2D eigenvalue weighted by Gasteiger charge is 2.25. The van der Waals surface area contributed by atoms with Crippen molar-refractivity contribution in [2.24, 2.45) is 11.8 Å². The van der Waals surface area contributed by atoms with Gasteiger partial charge < -0.3 is 5.11 Å². The van der Waals surface area contributed by atoms with E-state index in [2.05, 4.69) is 13.0 Å². The molecule has 0 bridgehead atoms. The molecule has 0 spiro atoms. The maximum Gasteiger partial charge on any atom is 0.328 e. The van der Waals surface area contributed by atoms with Gasteiger partial charge in [-0.3, -0.25) is 0 Å². The Kier molecular flexibility index (Phi) is 10.8. The molecule has 1 rings (SSSR count). The Balaban J connectivity index is 2.11. The van der Waals surface area contributed by atoms with Gasteiger partial charge in [-0.1, -0.05) is 89.4 Å². The molecular formula is C20H34O2. The zero-order valence-electron chi connectivity index (χ0n) is 14.3. The quantitative estimate of drug-likeness (QED) is 0.267. The van der Waals surface area contributed by atoms with E-state index in [0.717, 1.165) is 18.3 Å². The minimum atomic E-state index is -0.876. The Hall–Kier alpha value is -1.05. The largest absolute Gasteiger partial charge is 0.478 e. The maximum absolute atomic E-state index is 10.3. The van der Waals surface area contributed by atoms with Crippen molar-refractivity contribution < 1.29 is 9.90 Å². The van der Waals surface area contributed by atoms with Gasteiger partial charge in [-0.25, -0.2) is 4.79 Å². The summed E-state index contributed by atoms with van der Waals surface area (Å²) in [6, 6.07) is 0. The molecule has 0 radical (unpaired) electrons. The third-order valence-corrected chi connectivity index (χ3v) is 4.94. The van der Waals surface area contributed by atoms with Gasteiger partial charge in [0.1, 0.15) is 0 Å². The van der Waals surface area contributed by atoms with Crippen molar-refractivity contribution >= 4 is 5.97 Å². The van der Waals surface area contributed by atoms with Crippen LogP contribution in [0.5, 0.6) is 0 Å². The van der Waals surface area contributed by atoms with Crippen molar-refractivity contribution in [3.05, 3.63) is 24.3 Å². The molecule has 1 N–H and O–H groups in total. The lowest BCUT2D eigenvalue weighted by molar-refractivity contribution is -0.131. The number of aliphatic carboxylic acids is 1. The summed E-state index contributed by atoms with van der Waals surface area (Å²) in [7, 11) is 0. The van der Waals surface area contributed by atoms with E-state index in [1.54, 1.807) is 6.08 Å². The lowest BCUT2D eigenvalue weighted by Crippen LogP contribution is -2.07. The molecule has 1 aliphatic rings. The summed E-state index contributed by atoms with van der Waals surface area (Å²) >= 11 is 0. The summed E-state index contributed by atoms with van der Waals surface area (Å²) in [6.07, 6.45) is 23.2. The van der Waals surface area contributed by atoms with Crippen molar-refractivity contribution in [1.82, 2.24) is 0 Å². The molecule has 0 saturated heterocycles. The number of unbranched alkanes of at least 4 members (excludes halogenated alkanes) is 5. The molecular weight excluding hydrogens is 272 g/mol. The van der Waals surface area contributed by atoms with Gasteiger partial charge in [0.2, 0.25) is 0 Å². The van der Waals surface area contributed by atoms with Gasteiger partial charge in [0.25, 0.3) is 0 Å². The fourth-order valence-electron chi connectivity index (χ4n) is 3.68. The topological polar surface area (TPSA) is 37.3 Å². The van der Waals surface area contributed by atoms with Crippen molar-refractivity contribution in [2.75, 3.05) is 0 Å². The van der Waals surface area contributed by atoms with Gasteiger partial charge >= 0.3 is 5.97 Å². The minimum Gasteiger partial charge on any atom is -0.478 e. The summed E-state index contributed by atoms with van der Waals surface area (Å²) in [5, 5.41) is 8.51. The van der Waals surface area contributed by atoms with E-state index in [9.17, 15) is 4.79 Å². The van der Waals surface area contributed by atoms with Crippen molar-refractivity contribution in [3.63, 3.8) is 0 Å². The van der Waals surface area contributed by atoms with Crippen LogP contribution in [0.25, 0.3) is 0 Å². The van der Waals surface area contributed by atoms with Crippen LogP contribution in [0.2, 0.25) is 0 Å². The van der Waals surface area contributed by atoms with E-state index in [1.807, 2.05) is 6.08 Å². The monoisotopic (exact) mass is 306 g/mol. The highest BCUT2D eigenvalue weighted by atomic mass is 16.4. The number of carboxylic acid groups (broad SMARTS) is 1. The first-order chi connectivity index (χ1) is 10.7. The summed E-state index contributed by atoms with van der Waals surface area (Å²) < 4.78 is 0. The lowest BCUT2D eigenvalue weighted by Gasteiger charge is -2.18. The van der Waals surface area contributed by atoms with E-state index in [-0.39, 0.29) is 0 Å².